The third-order valence-electron chi connectivity index (χ3n) is 7.61. The van der Waals surface area contributed by atoms with Crippen molar-refractivity contribution in [2.24, 2.45) is 17.8 Å². The molecule has 0 bridgehead atoms. The van der Waals surface area contributed by atoms with Gasteiger partial charge in [0.25, 0.3) is 0 Å². The summed E-state index contributed by atoms with van der Waals surface area (Å²) < 4.78 is 14.0. The number of benzene rings is 2. The Kier molecular flexibility index (Phi) is 10.2. The highest BCUT2D eigenvalue weighted by Crippen LogP contribution is 2.35. The lowest BCUT2D eigenvalue weighted by atomic mass is 9.78. The topological polar surface area (TPSA) is 29.1 Å². The molecule has 35 heavy (non-hydrogen) atoms. The van der Waals surface area contributed by atoms with Crippen LogP contribution < -0.4 is 5.32 Å². The molecule has 0 saturated heterocycles. The number of carbonyl (C=O) groups is 1. The average Bonchev–Trinajstić information content (AvgIpc) is 2.80. The second-order valence-corrected chi connectivity index (χ2v) is 11.0. The molecule has 2 nitrogen and oxygen atoms in total. The van der Waals surface area contributed by atoms with Crippen LogP contribution in [0.1, 0.15) is 82.4 Å². The van der Waals surface area contributed by atoms with Crippen molar-refractivity contribution >= 4 is 40.4 Å². The molecule has 0 radical (unpaired) electrons. The molecule has 2 aromatic rings. The maximum Gasteiger partial charge on any atom is 0.227 e. The van der Waals surface area contributed by atoms with Crippen LogP contribution in [-0.4, -0.2) is 5.91 Å². The first kappa shape index (κ1) is 27.7. The van der Waals surface area contributed by atoms with E-state index in [1.807, 2.05) is 19.1 Å². The van der Waals surface area contributed by atoms with E-state index in [0.29, 0.717) is 28.7 Å². The van der Waals surface area contributed by atoms with E-state index >= 15 is 0 Å². The van der Waals surface area contributed by atoms with E-state index in [9.17, 15) is 9.18 Å². The number of anilines is 1. The molecule has 2 aromatic carbocycles. The molecular weight excluding hydrogens is 480 g/mol. The first-order valence-corrected chi connectivity index (χ1v) is 13.7. The van der Waals surface area contributed by atoms with Gasteiger partial charge in [0.15, 0.2) is 0 Å². The fourth-order valence-electron chi connectivity index (χ4n) is 5.21. The molecule has 0 aromatic heterocycles. The van der Waals surface area contributed by atoms with E-state index in [2.05, 4.69) is 18.8 Å². The lowest BCUT2D eigenvalue weighted by Crippen LogP contribution is -2.28. The SMILES string of the molecule is C=C(C)c1cc(NC(=O)C(C)C2CCCCC(CCc3c(Cl)cc(CC)cc3Cl)CC2)ccc1F. The van der Waals surface area contributed by atoms with E-state index in [0.717, 1.165) is 60.6 Å². The summed E-state index contributed by atoms with van der Waals surface area (Å²) >= 11 is 13.1. The van der Waals surface area contributed by atoms with Crippen LogP contribution in [0.25, 0.3) is 5.57 Å². The van der Waals surface area contributed by atoms with Crippen LogP contribution in [0.3, 0.4) is 0 Å². The smallest absolute Gasteiger partial charge is 0.227 e. The first-order valence-electron chi connectivity index (χ1n) is 12.9. The standard InChI is InChI=1S/C30H38Cl2FNO/c1-5-21-16-27(31)25(28(32)17-21)14-11-22-8-6-7-9-23(12-10-22)20(4)30(35)34-24-13-15-29(33)26(18-24)19(2)3/h13,15-18,20,22-23H,2,5-12,14H2,1,3-4H3,(H,34,35). The van der Waals surface area contributed by atoms with Crippen LogP contribution in [0.15, 0.2) is 36.9 Å². The lowest BCUT2D eigenvalue weighted by molar-refractivity contribution is -0.121. The van der Waals surface area contributed by atoms with Crippen LogP contribution in [0.5, 0.6) is 0 Å². The van der Waals surface area contributed by atoms with Gasteiger partial charge < -0.3 is 5.32 Å². The van der Waals surface area contributed by atoms with Gasteiger partial charge in [-0.2, -0.15) is 0 Å². The summed E-state index contributed by atoms with van der Waals surface area (Å²) in [7, 11) is 0. The summed E-state index contributed by atoms with van der Waals surface area (Å²) in [6.07, 6.45) is 9.64. The normalized spacial score (nSPS) is 19.5. The van der Waals surface area contributed by atoms with Crippen LogP contribution in [0, 0.1) is 23.6 Å². The average molecular weight is 519 g/mol. The molecule has 1 fully saturated rings. The minimum absolute atomic E-state index is 0.000902. The van der Waals surface area contributed by atoms with Gasteiger partial charge in [0.1, 0.15) is 5.82 Å². The van der Waals surface area contributed by atoms with E-state index < -0.39 is 0 Å². The van der Waals surface area contributed by atoms with Crippen LogP contribution in [0.2, 0.25) is 10.0 Å². The Hall–Kier alpha value is -1.84. The molecule has 5 heteroatoms. The summed E-state index contributed by atoms with van der Waals surface area (Å²) in [6, 6.07) is 8.75. The van der Waals surface area contributed by atoms with E-state index in [4.69, 9.17) is 23.2 Å². The number of hydrogen-bond donors (Lipinski definition) is 1. The fraction of sp³-hybridized carbons (Fsp3) is 0.500. The van der Waals surface area contributed by atoms with E-state index in [1.165, 1.54) is 24.5 Å². The number of carbonyl (C=O) groups excluding carboxylic acids is 1. The third kappa shape index (κ3) is 7.57. The van der Waals surface area contributed by atoms with Crippen molar-refractivity contribution in [1.82, 2.24) is 0 Å². The molecule has 0 heterocycles. The Bertz CT molecular complexity index is 1030. The Morgan fingerprint density at radius 1 is 1.11 bits per heavy atom. The van der Waals surface area contributed by atoms with Crippen molar-refractivity contribution in [2.45, 2.75) is 78.6 Å². The van der Waals surface area contributed by atoms with Crippen molar-refractivity contribution in [1.29, 1.82) is 0 Å². The molecular formula is C30H38Cl2FNO. The van der Waals surface area contributed by atoms with E-state index in [-0.39, 0.29) is 17.6 Å². The number of amides is 1. The van der Waals surface area contributed by atoms with Gasteiger partial charge in [0, 0.05) is 27.2 Å². The van der Waals surface area contributed by atoms with Crippen molar-refractivity contribution < 1.29 is 9.18 Å². The Morgan fingerprint density at radius 3 is 2.46 bits per heavy atom. The van der Waals surface area contributed by atoms with Crippen LogP contribution in [-0.2, 0) is 17.6 Å². The monoisotopic (exact) mass is 517 g/mol. The summed E-state index contributed by atoms with van der Waals surface area (Å²) in [6.45, 7) is 9.72. The second-order valence-electron chi connectivity index (χ2n) is 10.2. The third-order valence-corrected chi connectivity index (χ3v) is 8.28. The van der Waals surface area contributed by atoms with Crippen LogP contribution in [0.4, 0.5) is 10.1 Å². The summed E-state index contributed by atoms with van der Waals surface area (Å²) in [4.78, 5) is 13.0. The van der Waals surface area contributed by atoms with Crippen molar-refractivity contribution in [3.63, 3.8) is 0 Å². The Labute approximate surface area is 220 Å². The Balaban J connectivity index is 1.58. The zero-order valence-electron chi connectivity index (χ0n) is 21.2. The van der Waals surface area contributed by atoms with E-state index in [1.54, 1.807) is 19.1 Å². The summed E-state index contributed by atoms with van der Waals surface area (Å²) in [5, 5.41) is 4.55. The second kappa shape index (κ2) is 12.9. The highest BCUT2D eigenvalue weighted by atomic mass is 35.5. The quantitative estimate of drug-likeness (QED) is 0.370. The minimum Gasteiger partial charge on any atom is -0.326 e. The summed E-state index contributed by atoms with van der Waals surface area (Å²) in [5.74, 6) is 0.535. The largest absolute Gasteiger partial charge is 0.326 e. The zero-order chi connectivity index (χ0) is 25.5. The van der Waals surface area contributed by atoms with Gasteiger partial charge in [-0.25, -0.2) is 4.39 Å². The molecule has 1 aliphatic carbocycles. The number of rotatable bonds is 8. The molecule has 0 aliphatic heterocycles. The number of allylic oxidation sites excluding steroid dienone is 1. The van der Waals surface area contributed by atoms with Crippen molar-refractivity contribution in [2.75, 3.05) is 5.32 Å². The summed E-state index contributed by atoms with van der Waals surface area (Å²) in [5.41, 5.74) is 3.93. The maximum atomic E-state index is 14.0. The molecule has 1 saturated carbocycles. The molecule has 3 rings (SSSR count). The number of halogens is 3. The van der Waals surface area contributed by atoms with Gasteiger partial charge in [-0.1, -0.05) is 69.3 Å². The fourth-order valence-corrected chi connectivity index (χ4v) is 5.94. The molecule has 3 atom stereocenters. The Morgan fingerprint density at radius 2 is 1.80 bits per heavy atom. The molecule has 3 unspecified atom stereocenters. The highest BCUT2D eigenvalue weighted by Gasteiger charge is 2.27. The van der Waals surface area contributed by atoms with Gasteiger partial charge >= 0.3 is 0 Å². The number of aryl methyl sites for hydroxylation is 1. The minimum atomic E-state index is -0.321. The van der Waals surface area contributed by atoms with Gasteiger partial charge in [-0.05, 0) is 97.9 Å². The van der Waals surface area contributed by atoms with Gasteiger partial charge in [-0.3, -0.25) is 4.79 Å². The van der Waals surface area contributed by atoms with Gasteiger partial charge in [0.05, 0.1) is 0 Å². The number of hydrogen-bond acceptors (Lipinski definition) is 1. The molecule has 1 N–H and O–H groups in total. The maximum absolute atomic E-state index is 14.0. The highest BCUT2D eigenvalue weighted by molar-refractivity contribution is 6.36. The van der Waals surface area contributed by atoms with Crippen LogP contribution >= 0.6 is 23.2 Å². The molecule has 1 aliphatic rings. The first-order chi connectivity index (χ1) is 16.7. The molecule has 190 valence electrons. The number of nitrogens with one attached hydrogen (secondary N) is 1. The van der Waals surface area contributed by atoms with Gasteiger partial charge in [0.2, 0.25) is 5.91 Å². The van der Waals surface area contributed by atoms with Crippen molar-refractivity contribution in [3.05, 3.63) is 69.5 Å². The predicted molar refractivity (Wildman–Crippen MR) is 148 cm³/mol. The molecule has 1 amide bonds. The lowest BCUT2D eigenvalue weighted by Gasteiger charge is -2.29. The van der Waals surface area contributed by atoms with Gasteiger partial charge in [-0.15, -0.1) is 0 Å². The molecule has 0 spiro atoms. The van der Waals surface area contributed by atoms with Crippen molar-refractivity contribution in [3.8, 4) is 0 Å². The predicted octanol–water partition coefficient (Wildman–Crippen LogP) is 9.52. The zero-order valence-corrected chi connectivity index (χ0v) is 22.7.